The molecule has 7 heteroatoms. The molecule has 0 unspecified atom stereocenters. The highest BCUT2D eigenvalue weighted by atomic mass is 35.5. The third-order valence-corrected chi connectivity index (χ3v) is 3.28. The van der Waals surface area contributed by atoms with E-state index in [0.29, 0.717) is 0 Å². The zero-order valence-electron chi connectivity index (χ0n) is 11.6. The lowest BCUT2D eigenvalue weighted by atomic mass is 10.1. The van der Waals surface area contributed by atoms with Gasteiger partial charge < -0.3 is 9.88 Å². The van der Waals surface area contributed by atoms with Crippen molar-refractivity contribution >= 4 is 17.3 Å². The zero-order valence-corrected chi connectivity index (χ0v) is 12.3. The number of rotatable bonds is 4. The lowest BCUT2D eigenvalue weighted by Crippen LogP contribution is -2.13. The molecule has 0 atom stereocenters. The Morgan fingerprint density at radius 2 is 2.05 bits per heavy atom. The second-order valence-corrected chi connectivity index (χ2v) is 5.36. The van der Waals surface area contributed by atoms with Crippen LogP contribution in [0.5, 0.6) is 0 Å². The SMILES string of the molecule is CC(C)n1cncc1CNc1ccc(Cl)cc1C(F)(F)F. The molecular weight excluding hydrogens is 303 g/mol. The number of benzene rings is 1. The number of imidazole rings is 1. The number of alkyl halides is 3. The van der Waals surface area contributed by atoms with Gasteiger partial charge in [-0.1, -0.05) is 11.6 Å². The Kier molecular flexibility index (Phi) is 4.46. The van der Waals surface area contributed by atoms with E-state index < -0.39 is 11.7 Å². The standard InChI is InChI=1S/C14H15ClF3N3/c1-9(2)21-8-19-6-11(21)7-20-13-4-3-10(15)5-12(13)14(16,17)18/h3-6,8-9,20H,7H2,1-2H3. The van der Waals surface area contributed by atoms with Crippen molar-refractivity contribution in [3.05, 3.63) is 47.0 Å². The maximum absolute atomic E-state index is 13.0. The fourth-order valence-electron chi connectivity index (χ4n) is 2.02. The topological polar surface area (TPSA) is 29.9 Å². The van der Waals surface area contributed by atoms with Crippen LogP contribution in [0.25, 0.3) is 0 Å². The average molecular weight is 318 g/mol. The third kappa shape index (κ3) is 3.69. The Morgan fingerprint density at radius 1 is 1.33 bits per heavy atom. The molecule has 0 spiro atoms. The van der Waals surface area contributed by atoms with Gasteiger partial charge in [-0.15, -0.1) is 0 Å². The predicted octanol–water partition coefficient (Wildman–Crippen LogP) is 4.75. The third-order valence-electron chi connectivity index (χ3n) is 3.05. The van der Waals surface area contributed by atoms with Crippen LogP contribution in [-0.2, 0) is 12.7 Å². The molecule has 1 N–H and O–H groups in total. The zero-order chi connectivity index (χ0) is 15.6. The van der Waals surface area contributed by atoms with E-state index in [1.165, 1.54) is 12.1 Å². The van der Waals surface area contributed by atoms with Gasteiger partial charge in [0.05, 0.1) is 24.1 Å². The van der Waals surface area contributed by atoms with E-state index >= 15 is 0 Å². The molecule has 21 heavy (non-hydrogen) atoms. The summed E-state index contributed by atoms with van der Waals surface area (Å²) in [6, 6.07) is 3.88. The van der Waals surface area contributed by atoms with Crippen LogP contribution in [0, 0.1) is 0 Å². The van der Waals surface area contributed by atoms with Crippen LogP contribution < -0.4 is 5.32 Å². The van der Waals surface area contributed by atoms with Crippen LogP contribution in [0.4, 0.5) is 18.9 Å². The van der Waals surface area contributed by atoms with Gasteiger partial charge >= 0.3 is 6.18 Å². The summed E-state index contributed by atoms with van der Waals surface area (Å²) >= 11 is 5.65. The molecule has 0 aliphatic rings. The van der Waals surface area contributed by atoms with Gasteiger partial charge in [-0.3, -0.25) is 0 Å². The van der Waals surface area contributed by atoms with Gasteiger partial charge in [0.2, 0.25) is 0 Å². The van der Waals surface area contributed by atoms with Gasteiger partial charge in [0.15, 0.2) is 0 Å². The number of halogens is 4. The Bertz CT molecular complexity index is 620. The summed E-state index contributed by atoms with van der Waals surface area (Å²) in [4.78, 5) is 4.02. The molecule has 0 saturated heterocycles. The average Bonchev–Trinajstić information content (AvgIpc) is 2.84. The van der Waals surface area contributed by atoms with E-state index in [-0.39, 0.29) is 23.3 Å². The first-order chi connectivity index (χ1) is 9.79. The Morgan fingerprint density at radius 3 is 2.67 bits per heavy atom. The Labute approximate surface area is 125 Å². The summed E-state index contributed by atoms with van der Waals surface area (Å²) in [6.07, 6.45) is -1.16. The molecule has 3 nitrogen and oxygen atoms in total. The molecule has 0 fully saturated rings. The maximum atomic E-state index is 13.0. The van der Waals surface area contributed by atoms with Crippen LogP contribution in [-0.4, -0.2) is 9.55 Å². The molecule has 0 aliphatic carbocycles. The molecule has 2 rings (SSSR count). The Hall–Kier alpha value is -1.69. The van der Waals surface area contributed by atoms with E-state index in [9.17, 15) is 13.2 Å². The smallest absolute Gasteiger partial charge is 0.379 e. The van der Waals surface area contributed by atoms with Crippen molar-refractivity contribution in [2.45, 2.75) is 32.6 Å². The summed E-state index contributed by atoms with van der Waals surface area (Å²) in [5.41, 5.74) is 0.0436. The van der Waals surface area contributed by atoms with Crippen molar-refractivity contribution in [3.63, 3.8) is 0 Å². The van der Waals surface area contributed by atoms with Gasteiger partial charge in [0.1, 0.15) is 0 Å². The molecule has 1 heterocycles. The number of nitrogens with zero attached hydrogens (tertiary/aromatic N) is 2. The first-order valence-corrected chi connectivity index (χ1v) is 6.78. The van der Waals surface area contributed by atoms with Crippen molar-refractivity contribution in [1.29, 1.82) is 0 Å². The van der Waals surface area contributed by atoms with Gasteiger partial charge in [-0.2, -0.15) is 13.2 Å². The van der Waals surface area contributed by atoms with Crippen molar-refractivity contribution in [2.75, 3.05) is 5.32 Å². The minimum absolute atomic E-state index is 0.00315. The predicted molar refractivity (Wildman–Crippen MR) is 76.4 cm³/mol. The van der Waals surface area contributed by atoms with Crippen LogP contribution in [0.1, 0.15) is 31.1 Å². The van der Waals surface area contributed by atoms with E-state index in [1.54, 1.807) is 12.5 Å². The van der Waals surface area contributed by atoms with Crippen molar-refractivity contribution in [3.8, 4) is 0 Å². The lowest BCUT2D eigenvalue weighted by Gasteiger charge is -2.16. The number of aromatic nitrogens is 2. The van der Waals surface area contributed by atoms with Crippen LogP contribution in [0.3, 0.4) is 0 Å². The number of anilines is 1. The minimum atomic E-state index is -4.45. The molecule has 0 bridgehead atoms. The fraction of sp³-hybridized carbons (Fsp3) is 0.357. The number of hydrogen-bond donors (Lipinski definition) is 1. The summed E-state index contributed by atoms with van der Waals surface area (Å²) in [5.74, 6) is 0. The summed E-state index contributed by atoms with van der Waals surface area (Å²) < 4.78 is 40.9. The molecule has 2 aromatic rings. The van der Waals surface area contributed by atoms with Gasteiger partial charge in [0, 0.05) is 22.9 Å². The summed E-state index contributed by atoms with van der Waals surface area (Å²) in [5, 5.41) is 2.86. The van der Waals surface area contributed by atoms with Gasteiger partial charge in [-0.25, -0.2) is 4.98 Å². The van der Waals surface area contributed by atoms with Gasteiger partial charge in [-0.05, 0) is 32.0 Å². The monoisotopic (exact) mass is 317 g/mol. The Balaban J connectivity index is 2.22. The normalized spacial score (nSPS) is 12.0. The van der Waals surface area contributed by atoms with E-state index in [0.717, 1.165) is 11.8 Å². The molecule has 0 saturated carbocycles. The van der Waals surface area contributed by atoms with Gasteiger partial charge in [0.25, 0.3) is 0 Å². The van der Waals surface area contributed by atoms with E-state index in [4.69, 9.17) is 11.6 Å². The lowest BCUT2D eigenvalue weighted by molar-refractivity contribution is -0.136. The van der Waals surface area contributed by atoms with E-state index in [2.05, 4.69) is 10.3 Å². The maximum Gasteiger partial charge on any atom is 0.418 e. The largest absolute Gasteiger partial charge is 0.418 e. The minimum Gasteiger partial charge on any atom is -0.379 e. The second-order valence-electron chi connectivity index (χ2n) is 4.93. The van der Waals surface area contributed by atoms with Crippen LogP contribution in [0.15, 0.2) is 30.7 Å². The van der Waals surface area contributed by atoms with Crippen LogP contribution in [0.2, 0.25) is 5.02 Å². The van der Waals surface area contributed by atoms with Crippen molar-refractivity contribution < 1.29 is 13.2 Å². The molecule has 0 aliphatic heterocycles. The second kappa shape index (κ2) is 5.97. The molecule has 114 valence electrons. The first kappa shape index (κ1) is 15.7. The molecule has 0 amide bonds. The fourth-order valence-corrected chi connectivity index (χ4v) is 2.20. The van der Waals surface area contributed by atoms with E-state index in [1.807, 2.05) is 18.4 Å². The van der Waals surface area contributed by atoms with Crippen molar-refractivity contribution in [1.82, 2.24) is 9.55 Å². The highest BCUT2D eigenvalue weighted by molar-refractivity contribution is 6.30. The van der Waals surface area contributed by atoms with Crippen LogP contribution >= 0.6 is 11.6 Å². The quantitative estimate of drug-likeness (QED) is 0.882. The summed E-state index contributed by atoms with van der Waals surface area (Å²) in [7, 11) is 0. The highest BCUT2D eigenvalue weighted by Gasteiger charge is 2.33. The molecular formula is C14H15ClF3N3. The first-order valence-electron chi connectivity index (χ1n) is 6.40. The van der Waals surface area contributed by atoms with Crippen molar-refractivity contribution in [2.24, 2.45) is 0 Å². The molecule has 1 aromatic heterocycles. The number of nitrogens with one attached hydrogen (secondary N) is 1. The highest BCUT2D eigenvalue weighted by Crippen LogP contribution is 2.36. The number of hydrogen-bond acceptors (Lipinski definition) is 2. The molecule has 0 radical (unpaired) electrons. The molecule has 1 aromatic carbocycles. The summed E-state index contributed by atoms with van der Waals surface area (Å²) in [6.45, 7) is 4.21.